The minimum atomic E-state index is -1.88. The van der Waals surface area contributed by atoms with Crippen molar-refractivity contribution in [3.05, 3.63) is 53.6 Å². The molecule has 3 heterocycles. The number of aromatic nitrogens is 2. The van der Waals surface area contributed by atoms with Crippen LogP contribution in [0.25, 0.3) is 0 Å². The second kappa shape index (κ2) is 10.0. The van der Waals surface area contributed by atoms with Gasteiger partial charge in [-0.2, -0.15) is 10.2 Å². The van der Waals surface area contributed by atoms with E-state index in [0.29, 0.717) is 57.7 Å². The van der Waals surface area contributed by atoms with Crippen molar-refractivity contribution in [3.63, 3.8) is 0 Å². The zero-order valence-corrected chi connectivity index (χ0v) is 18.2. The van der Waals surface area contributed by atoms with Crippen LogP contribution in [-0.4, -0.2) is 64.4 Å². The van der Waals surface area contributed by atoms with E-state index in [1.54, 1.807) is 12.4 Å². The number of halogens is 4. The Labute approximate surface area is 189 Å². The first-order chi connectivity index (χ1) is 15.8. The van der Waals surface area contributed by atoms with Crippen LogP contribution in [0.4, 0.5) is 17.6 Å². The summed E-state index contributed by atoms with van der Waals surface area (Å²) in [5, 5.41) is 7.59. The van der Waals surface area contributed by atoms with E-state index in [1.807, 2.05) is 6.07 Å². The van der Waals surface area contributed by atoms with E-state index >= 15 is 4.39 Å². The molecule has 1 amide bonds. The van der Waals surface area contributed by atoms with Gasteiger partial charge >= 0.3 is 0 Å². The molecule has 2 aromatic rings. The monoisotopic (exact) mass is 466 g/mol. The van der Waals surface area contributed by atoms with Gasteiger partial charge in [0.05, 0.1) is 12.8 Å². The molecule has 6 nitrogen and oxygen atoms in total. The molecule has 1 aromatic carbocycles. The molecule has 0 bridgehead atoms. The molecule has 10 heteroatoms. The zero-order valence-electron chi connectivity index (χ0n) is 18.2. The van der Waals surface area contributed by atoms with Crippen molar-refractivity contribution in [1.82, 2.24) is 20.0 Å². The Morgan fingerprint density at radius 1 is 1.06 bits per heavy atom. The fourth-order valence-corrected chi connectivity index (χ4v) is 4.40. The van der Waals surface area contributed by atoms with E-state index in [1.165, 1.54) is 4.90 Å². The van der Waals surface area contributed by atoms with Gasteiger partial charge in [0.1, 0.15) is 5.82 Å². The molecule has 4 rings (SSSR count). The highest BCUT2D eigenvalue weighted by Crippen LogP contribution is 2.32. The van der Waals surface area contributed by atoms with Crippen LogP contribution in [0.5, 0.6) is 5.75 Å². The molecule has 0 spiro atoms. The number of likely N-dealkylation sites (tertiary alicyclic amines) is 2. The summed E-state index contributed by atoms with van der Waals surface area (Å²) in [4.78, 5) is 16.5. The third-order valence-electron chi connectivity index (χ3n) is 6.41. The maximum atomic E-state index is 15.5. The van der Waals surface area contributed by atoms with E-state index < -0.39 is 34.8 Å². The largest absolute Gasteiger partial charge is 0.487 e. The second-order valence-electron chi connectivity index (χ2n) is 8.74. The Bertz CT molecular complexity index is 939. The Morgan fingerprint density at radius 2 is 1.73 bits per heavy atom. The molecule has 178 valence electrons. The predicted molar refractivity (Wildman–Crippen MR) is 111 cm³/mol. The Hall–Kier alpha value is -2.75. The SMILES string of the molecule is O=C(N1CCC(COc2c(F)cc(F)cc2F)CC1)C1(F)CCN(Cc2ccnnc2)CC1. The molecule has 2 aliphatic heterocycles. The van der Waals surface area contributed by atoms with Gasteiger partial charge in [-0.1, -0.05) is 0 Å². The van der Waals surface area contributed by atoms with E-state index in [0.717, 1.165) is 5.56 Å². The second-order valence-corrected chi connectivity index (χ2v) is 8.74. The zero-order chi connectivity index (χ0) is 23.4. The fourth-order valence-electron chi connectivity index (χ4n) is 4.40. The normalized spacial score (nSPS) is 19.5. The molecular formula is C23H26F4N4O2. The van der Waals surface area contributed by atoms with Gasteiger partial charge in [-0.15, -0.1) is 0 Å². The van der Waals surface area contributed by atoms with E-state index in [4.69, 9.17) is 4.74 Å². The lowest BCUT2D eigenvalue weighted by molar-refractivity contribution is -0.149. The fraction of sp³-hybridized carbons (Fsp3) is 0.522. The summed E-state index contributed by atoms with van der Waals surface area (Å²) in [5.74, 6) is -4.32. The molecule has 2 fully saturated rings. The Kier molecular flexibility index (Phi) is 7.11. The predicted octanol–water partition coefficient (Wildman–Crippen LogP) is 3.52. The lowest BCUT2D eigenvalue weighted by atomic mass is 9.89. The molecule has 0 N–H and O–H groups in total. The van der Waals surface area contributed by atoms with Gasteiger partial charge in [0, 0.05) is 63.9 Å². The highest BCUT2D eigenvalue weighted by Gasteiger charge is 2.44. The van der Waals surface area contributed by atoms with Crippen molar-refractivity contribution in [2.75, 3.05) is 32.8 Å². The molecule has 0 aliphatic carbocycles. The van der Waals surface area contributed by atoms with Crippen LogP contribution in [0.3, 0.4) is 0 Å². The van der Waals surface area contributed by atoms with Crippen LogP contribution in [0.1, 0.15) is 31.2 Å². The number of hydrogen-bond donors (Lipinski definition) is 0. The lowest BCUT2D eigenvalue weighted by Crippen LogP contribution is -2.54. The summed E-state index contributed by atoms with van der Waals surface area (Å²) in [6.45, 7) is 2.35. The van der Waals surface area contributed by atoms with E-state index in [2.05, 4.69) is 15.1 Å². The summed E-state index contributed by atoms with van der Waals surface area (Å²) in [5.41, 5.74) is -0.885. The first-order valence-corrected chi connectivity index (χ1v) is 11.1. The van der Waals surface area contributed by atoms with Gasteiger partial charge in [-0.3, -0.25) is 9.69 Å². The highest BCUT2D eigenvalue weighted by atomic mass is 19.2. The topological polar surface area (TPSA) is 58.6 Å². The molecule has 2 aliphatic rings. The number of amides is 1. The van der Waals surface area contributed by atoms with Crippen LogP contribution >= 0.6 is 0 Å². The molecule has 0 saturated carbocycles. The first-order valence-electron chi connectivity index (χ1n) is 11.1. The van der Waals surface area contributed by atoms with Crippen molar-refractivity contribution >= 4 is 5.91 Å². The van der Waals surface area contributed by atoms with Crippen LogP contribution in [0, 0.1) is 23.4 Å². The summed E-state index contributed by atoms with van der Waals surface area (Å²) >= 11 is 0. The molecule has 0 radical (unpaired) electrons. The number of benzene rings is 1. The van der Waals surface area contributed by atoms with Crippen LogP contribution in [-0.2, 0) is 11.3 Å². The van der Waals surface area contributed by atoms with Gasteiger partial charge in [0.15, 0.2) is 23.1 Å². The highest BCUT2D eigenvalue weighted by molar-refractivity contribution is 5.85. The lowest BCUT2D eigenvalue weighted by Gasteiger charge is -2.40. The van der Waals surface area contributed by atoms with Crippen LogP contribution in [0.15, 0.2) is 30.6 Å². The van der Waals surface area contributed by atoms with Gasteiger partial charge in [0.25, 0.3) is 5.91 Å². The van der Waals surface area contributed by atoms with Crippen LogP contribution in [0.2, 0.25) is 0 Å². The number of piperidine rings is 2. The van der Waals surface area contributed by atoms with Crippen molar-refractivity contribution in [2.45, 2.75) is 37.9 Å². The van der Waals surface area contributed by atoms with Gasteiger partial charge < -0.3 is 9.64 Å². The smallest absolute Gasteiger partial charge is 0.260 e. The number of alkyl halides is 1. The van der Waals surface area contributed by atoms with E-state index in [9.17, 15) is 18.0 Å². The summed E-state index contributed by atoms with van der Waals surface area (Å²) in [7, 11) is 0. The summed E-state index contributed by atoms with van der Waals surface area (Å²) < 4.78 is 61.2. The number of hydrogen-bond acceptors (Lipinski definition) is 5. The van der Waals surface area contributed by atoms with Gasteiger partial charge in [0.2, 0.25) is 0 Å². The van der Waals surface area contributed by atoms with E-state index in [-0.39, 0.29) is 25.4 Å². The number of nitrogens with zero attached hydrogens (tertiary/aromatic N) is 4. The van der Waals surface area contributed by atoms with Crippen molar-refractivity contribution in [3.8, 4) is 5.75 Å². The van der Waals surface area contributed by atoms with Crippen molar-refractivity contribution in [2.24, 2.45) is 5.92 Å². The van der Waals surface area contributed by atoms with Crippen molar-refractivity contribution < 1.29 is 27.1 Å². The van der Waals surface area contributed by atoms with Crippen molar-refractivity contribution in [1.29, 1.82) is 0 Å². The number of rotatable bonds is 6. The van der Waals surface area contributed by atoms with Gasteiger partial charge in [-0.05, 0) is 30.4 Å². The number of carbonyl (C=O) groups excluding carboxylic acids is 1. The Balaban J connectivity index is 1.24. The number of ether oxygens (including phenoxy) is 1. The summed E-state index contributed by atoms with van der Waals surface area (Å²) in [6, 6.07) is 3.00. The third-order valence-corrected chi connectivity index (χ3v) is 6.41. The molecule has 0 unspecified atom stereocenters. The number of carbonyl (C=O) groups is 1. The minimum absolute atomic E-state index is 0.0377. The molecule has 2 saturated heterocycles. The Morgan fingerprint density at radius 3 is 2.33 bits per heavy atom. The third kappa shape index (κ3) is 5.61. The average Bonchev–Trinajstić information content (AvgIpc) is 2.81. The quantitative estimate of drug-likeness (QED) is 0.610. The minimum Gasteiger partial charge on any atom is -0.487 e. The summed E-state index contributed by atoms with van der Waals surface area (Å²) in [6.07, 6.45) is 4.63. The van der Waals surface area contributed by atoms with Crippen LogP contribution < -0.4 is 4.74 Å². The molecule has 33 heavy (non-hydrogen) atoms. The maximum absolute atomic E-state index is 15.5. The molecule has 1 aromatic heterocycles. The first kappa shape index (κ1) is 23.4. The average molecular weight is 466 g/mol. The maximum Gasteiger partial charge on any atom is 0.260 e. The van der Waals surface area contributed by atoms with Gasteiger partial charge in [-0.25, -0.2) is 17.6 Å². The molecule has 0 atom stereocenters. The standard InChI is InChI=1S/C23H26F4N4O2/c24-18-11-19(25)21(20(26)12-18)33-15-16-2-7-31(8-3-16)22(32)23(27)4-9-30(10-5-23)14-17-1-6-28-29-13-17/h1,6,11-13,16H,2-5,7-10,14-15H2. The molecular weight excluding hydrogens is 440 g/mol.